The quantitative estimate of drug-likeness (QED) is 0.155. The molecule has 7 nitrogen and oxygen atoms in total. The zero-order valence-corrected chi connectivity index (χ0v) is 42.7. The molecule has 0 saturated carbocycles. The largest absolute Gasteiger partial charge is 0.509 e. The van der Waals surface area contributed by atoms with Crippen LogP contribution in [0.15, 0.2) is 152 Å². The normalized spacial score (nSPS) is 13.0. The summed E-state index contributed by atoms with van der Waals surface area (Å²) in [6.07, 6.45) is 1.86. The van der Waals surface area contributed by atoms with Gasteiger partial charge in [0.25, 0.3) is 0 Å². The van der Waals surface area contributed by atoms with Crippen LogP contribution in [-0.2, 0) is 37.3 Å². The number of aromatic nitrogens is 3. The molecule has 0 fully saturated rings. The second kappa shape index (κ2) is 16.8. The van der Waals surface area contributed by atoms with Crippen LogP contribution in [0, 0.1) is 30.1 Å². The molecule has 0 saturated heterocycles. The third kappa shape index (κ3) is 7.95. The van der Waals surface area contributed by atoms with E-state index < -0.39 is 0 Å². The van der Waals surface area contributed by atoms with E-state index in [1.54, 1.807) is 0 Å². The van der Waals surface area contributed by atoms with Gasteiger partial charge >= 0.3 is 0 Å². The van der Waals surface area contributed by atoms with Gasteiger partial charge in [-0.2, -0.15) is 17.4 Å². The standard InChI is InChI=1S/C61H53N6O.Pt/c1-59(2,3)40-28-29-63-57(34-40)67-53-27-24-39(37-62)30-50(53)49-26-25-46(36-56(49)67)68-45-17-14-16-43(35-45)64-38-65(44-32-41(60(4,5)6)31-42(33-44)61(7,8)9)58-54(64)22-15-23-55(58)66-51-20-12-10-18-47(51)48-19-11-13-21-52(48)66;/h10-34,38H,1-9H3;/q-3;. The fourth-order valence-electron chi connectivity index (χ4n) is 9.62. The number of hydrogen-bond acceptors (Lipinski definition) is 5. The van der Waals surface area contributed by atoms with Crippen molar-refractivity contribution in [3.05, 3.63) is 193 Å². The smallest absolute Gasteiger partial charge is 0.135 e. The molecule has 346 valence electrons. The van der Waals surface area contributed by atoms with Crippen molar-refractivity contribution >= 4 is 66.4 Å². The van der Waals surface area contributed by atoms with Gasteiger partial charge in [0.1, 0.15) is 5.82 Å². The molecule has 1 aliphatic rings. The molecule has 69 heavy (non-hydrogen) atoms. The summed E-state index contributed by atoms with van der Waals surface area (Å²) < 4.78 is 11.3. The summed E-state index contributed by atoms with van der Waals surface area (Å²) in [6, 6.07) is 60.7. The van der Waals surface area contributed by atoms with Gasteiger partial charge in [-0.1, -0.05) is 116 Å². The molecule has 0 amide bonds. The van der Waals surface area contributed by atoms with Crippen LogP contribution < -0.4 is 14.5 Å². The fraction of sp³-hybridized carbons (Fsp3) is 0.197. The Hall–Kier alpha value is -7.13. The Labute approximate surface area is 419 Å². The minimum absolute atomic E-state index is 0. The van der Waals surface area contributed by atoms with Gasteiger partial charge in [0, 0.05) is 66.4 Å². The van der Waals surface area contributed by atoms with Gasteiger partial charge in [-0.25, -0.2) is 4.98 Å². The van der Waals surface area contributed by atoms with Gasteiger partial charge in [0.2, 0.25) is 0 Å². The molecule has 0 radical (unpaired) electrons. The first kappa shape index (κ1) is 45.6. The summed E-state index contributed by atoms with van der Waals surface area (Å²) in [4.78, 5) is 9.45. The predicted molar refractivity (Wildman–Crippen MR) is 279 cm³/mol. The number of anilines is 4. The molecule has 1 aliphatic heterocycles. The first-order valence-corrected chi connectivity index (χ1v) is 23.3. The first-order chi connectivity index (χ1) is 32.5. The van der Waals surface area contributed by atoms with Crippen LogP contribution in [0.4, 0.5) is 22.7 Å². The van der Waals surface area contributed by atoms with Crippen LogP contribution in [0.3, 0.4) is 0 Å². The molecule has 0 unspecified atom stereocenters. The van der Waals surface area contributed by atoms with E-state index in [1.165, 1.54) is 27.5 Å². The molecular formula is C61H53N6OPt-3. The number of para-hydroxylation sites is 3. The number of nitrogens with zero attached hydrogens (tertiary/aromatic N) is 6. The Morgan fingerprint density at radius 1 is 0.536 bits per heavy atom. The number of hydrogen-bond donors (Lipinski definition) is 0. The van der Waals surface area contributed by atoms with E-state index in [0.717, 1.165) is 67.1 Å². The number of nitriles is 1. The van der Waals surface area contributed by atoms with Crippen molar-refractivity contribution in [1.29, 1.82) is 5.26 Å². The molecule has 0 spiro atoms. The number of rotatable bonds is 6. The van der Waals surface area contributed by atoms with Crippen molar-refractivity contribution in [3.63, 3.8) is 0 Å². The zero-order valence-electron chi connectivity index (χ0n) is 40.4. The van der Waals surface area contributed by atoms with E-state index in [2.05, 4.69) is 215 Å². The maximum Gasteiger partial charge on any atom is 0.135 e. The monoisotopic (exact) mass is 1080 g/mol. The second-order valence-corrected chi connectivity index (χ2v) is 21.1. The van der Waals surface area contributed by atoms with Gasteiger partial charge in [-0.05, 0) is 105 Å². The molecular weight excluding hydrogens is 1030 g/mol. The Balaban J connectivity index is 0.00000553. The predicted octanol–water partition coefficient (Wildman–Crippen LogP) is 15.8. The van der Waals surface area contributed by atoms with Gasteiger partial charge in [-0.15, -0.1) is 48.1 Å². The molecule has 3 aromatic heterocycles. The zero-order chi connectivity index (χ0) is 47.3. The minimum Gasteiger partial charge on any atom is -0.509 e. The third-order valence-electron chi connectivity index (χ3n) is 13.3. The van der Waals surface area contributed by atoms with Crippen LogP contribution in [0.25, 0.3) is 55.1 Å². The Morgan fingerprint density at radius 3 is 1.83 bits per heavy atom. The molecule has 8 heteroatoms. The second-order valence-electron chi connectivity index (χ2n) is 21.1. The fourth-order valence-corrected chi connectivity index (χ4v) is 9.62. The van der Waals surface area contributed by atoms with Crippen LogP contribution in [0.1, 0.15) is 84.6 Å². The van der Waals surface area contributed by atoms with E-state index in [0.29, 0.717) is 17.1 Å². The van der Waals surface area contributed by atoms with Crippen molar-refractivity contribution in [2.45, 2.75) is 78.6 Å². The minimum atomic E-state index is -0.0784. The maximum absolute atomic E-state index is 9.86. The molecule has 0 bridgehead atoms. The number of fused-ring (bicyclic) bond motifs is 7. The van der Waals surface area contributed by atoms with E-state index in [9.17, 15) is 5.26 Å². The molecule has 0 N–H and O–H groups in total. The molecule has 0 aliphatic carbocycles. The van der Waals surface area contributed by atoms with Crippen molar-refractivity contribution < 1.29 is 25.8 Å². The van der Waals surface area contributed by atoms with Crippen molar-refractivity contribution in [2.75, 3.05) is 9.80 Å². The summed E-state index contributed by atoms with van der Waals surface area (Å²) in [5.41, 5.74) is 13.2. The number of benzene rings is 7. The Bertz CT molecular complexity index is 3600. The van der Waals surface area contributed by atoms with Crippen molar-refractivity contribution in [3.8, 4) is 29.1 Å². The molecule has 0 atom stereocenters. The summed E-state index contributed by atoms with van der Waals surface area (Å²) in [5, 5.41) is 14.2. The van der Waals surface area contributed by atoms with E-state index >= 15 is 0 Å². The summed E-state index contributed by atoms with van der Waals surface area (Å²) >= 11 is 0. The summed E-state index contributed by atoms with van der Waals surface area (Å²) in [6.45, 7) is 22.5. The number of pyridine rings is 1. The molecule has 4 heterocycles. The average Bonchev–Trinajstić information content (AvgIpc) is 3.98. The summed E-state index contributed by atoms with van der Waals surface area (Å²) in [5.74, 6) is 1.87. The van der Waals surface area contributed by atoms with Crippen LogP contribution in [-0.4, -0.2) is 14.1 Å². The van der Waals surface area contributed by atoms with Crippen LogP contribution in [0.5, 0.6) is 11.5 Å². The Kier molecular flexibility index (Phi) is 11.1. The van der Waals surface area contributed by atoms with E-state index in [-0.39, 0.29) is 37.3 Å². The first-order valence-electron chi connectivity index (χ1n) is 23.3. The topological polar surface area (TPSA) is 62.2 Å². The molecule has 11 rings (SSSR count). The van der Waals surface area contributed by atoms with Crippen molar-refractivity contribution in [2.24, 2.45) is 0 Å². The molecule has 10 aromatic rings. The van der Waals surface area contributed by atoms with Crippen LogP contribution >= 0.6 is 0 Å². The van der Waals surface area contributed by atoms with Gasteiger partial charge in [0.15, 0.2) is 0 Å². The van der Waals surface area contributed by atoms with Gasteiger partial charge < -0.3 is 23.7 Å². The van der Waals surface area contributed by atoms with Gasteiger partial charge in [0.05, 0.1) is 34.0 Å². The Morgan fingerprint density at radius 2 is 1.16 bits per heavy atom. The number of ether oxygens (including phenoxy) is 1. The van der Waals surface area contributed by atoms with E-state index in [4.69, 9.17) is 9.72 Å². The maximum atomic E-state index is 9.86. The van der Waals surface area contributed by atoms with Crippen molar-refractivity contribution in [1.82, 2.24) is 14.1 Å². The van der Waals surface area contributed by atoms with Crippen LogP contribution in [0.2, 0.25) is 0 Å². The molecule has 7 aromatic carbocycles. The van der Waals surface area contributed by atoms with Gasteiger partial charge in [-0.3, -0.25) is 0 Å². The SMILES string of the molecule is CC(C)(C)c1cc(N2[CH-]N(c3[c-]c(Oc4[c-]c5c(cc4)c4cc(C#N)ccc4n5-c4cc(C(C)(C)C)ccn4)ccc3)c3cccc(-n4c5ccccc5c5ccccc54)c32)cc(C(C)(C)C)c1.[Pt]. The average molecular weight is 1080 g/mol. The summed E-state index contributed by atoms with van der Waals surface area (Å²) in [7, 11) is 0. The van der Waals surface area contributed by atoms with E-state index in [1.807, 2.05) is 42.6 Å². The third-order valence-corrected chi connectivity index (χ3v) is 13.3.